The third-order valence-electron chi connectivity index (χ3n) is 2.95. The van der Waals surface area contributed by atoms with Crippen LogP contribution in [0.4, 0.5) is 0 Å². The Hall–Kier alpha value is -0.386. The highest BCUT2D eigenvalue weighted by atomic mass is 28.4. The first kappa shape index (κ1) is 13.7. The van der Waals surface area contributed by atoms with Crippen molar-refractivity contribution < 1.29 is 4.43 Å². The zero-order valence-corrected chi connectivity index (χ0v) is 13.4. The molecule has 0 spiro atoms. The van der Waals surface area contributed by atoms with Crippen LogP contribution < -0.4 is 10.4 Å². The molecule has 16 heavy (non-hydrogen) atoms. The molecule has 0 N–H and O–H groups in total. The fraction of sp³-hybridized carbons (Fsp3) is 0.538. The predicted octanol–water partition coefficient (Wildman–Crippen LogP) is 2.68. The highest BCUT2D eigenvalue weighted by molar-refractivity contribution is 6.89. The van der Waals surface area contributed by atoms with Crippen molar-refractivity contribution in [1.29, 1.82) is 0 Å². The minimum absolute atomic E-state index is 0.814. The van der Waals surface area contributed by atoms with Gasteiger partial charge in [-0.15, -0.1) is 0 Å². The van der Waals surface area contributed by atoms with Crippen molar-refractivity contribution in [1.82, 2.24) is 0 Å². The summed E-state index contributed by atoms with van der Waals surface area (Å²) in [7, 11) is -2.81. The topological polar surface area (TPSA) is 9.23 Å². The Kier molecular flexibility index (Phi) is 4.15. The Morgan fingerprint density at radius 1 is 0.875 bits per heavy atom. The van der Waals surface area contributed by atoms with Gasteiger partial charge in [0.15, 0.2) is 0 Å². The van der Waals surface area contributed by atoms with Crippen LogP contribution in [0.15, 0.2) is 24.3 Å². The molecule has 1 aromatic rings. The van der Waals surface area contributed by atoms with E-state index in [1.807, 2.05) is 0 Å². The van der Waals surface area contributed by atoms with Crippen LogP contribution in [0, 0.1) is 0 Å². The molecule has 0 saturated heterocycles. The van der Waals surface area contributed by atoms with Gasteiger partial charge in [0.2, 0.25) is 8.32 Å². The second-order valence-electron chi connectivity index (χ2n) is 5.77. The molecule has 1 aromatic carbocycles. The molecule has 0 bridgehead atoms. The van der Waals surface area contributed by atoms with Crippen LogP contribution in [0.2, 0.25) is 32.7 Å². The molecule has 0 heterocycles. The summed E-state index contributed by atoms with van der Waals surface area (Å²) in [5.41, 5.74) is 0. The maximum absolute atomic E-state index is 5.89. The van der Waals surface area contributed by atoms with Crippen LogP contribution in [-0.4, -0.2) is 23.0 Å². The molecule has 0 aromatic heterocycles. The van der Waals surface area contributed by atoms with Crippen LogP contribution >= 0.6 is 0 Å². The minimum Gasteiger partial charge on any atom is -0.413 e. The molecule has 0 aliphatic heterocycles. The molecule has 0 aliphatic rings. The lowest BCUT2D eigenvalue weighted by atomic mass is 10.4. The van der Waals surface area contributed by atoms with Crippen LogP contribution in [0.1, 0.15) is 6.92 Å². The van der Waals surface area contributed by atoms with Crippen molar-refractivity contribution in [2.75, 3.05) is 6.61 Å². The Morgan fingerprint density at radius 2 is 1.31 bits per heavy atom. The van der Waals surface area contributed by atoms with Crippen molar-refractivity contribution >= 4 is 26.8 Å². The summed E-state index contributed by atoms with van der Waals surface area (Å²) in [4.78, 5) is 0. The number of hydrogen-bond acceptors (Lipinski definition) is 1. The van der Waals surface area contributed by atoms with Crippen molar-refractivity contribution in [3.63, 3.8) is 0 Å². The second-order valence-corrected chi connectivity index (χ2v) is 14.7. The molecule has 0 aliphatic carbocycles. The fourth-order valence-electron chi connectivity index (χ4n) is 1.82. The number of benzene rings is 1. The lowest BCUT2D eigenvalue weighted by molar-refractivity contribution is 0.339. The first-order valence-corrected chi connectivity index (χ1v) is 12.4. The molecule has 90 valence electrons. The molecular weight excluding hydrogens is 228 g/mol. The molecule has 3 heteroatoms. The van der Waals surface area contributed by atoms with E-state index in [4.69, 9.17) is 4.43 Å². The van der Waals surface area contributed by atoms with Gasteiger partial charge < -0.3 is 4.43 Å². The highest BCUT2D eigenvalue weighted by Gasteiger charge is 2.25. The number of rotatable bonds is 4. The van der Waals surface area contributed by atoms with Crippen molar-refractivity contribution in [3.05, 3.63) is 24.3 Å². The lowest BCUT2D eigenvalue weighted by Gasteiger charge is -2.24. The monoisotopic (exact) mass is 252 g/mol. The van der Waals surface area contributed by atoms with E-state index in [9.17, 15) is 0 Å². The smallest absolute Gasteiger partial charge is 0.218 e. The zero-order valence-electron chi connectivity index (χ0n) is 11.4. The van der Waals surface area contributed by atoms with Gasteiger partial charge in [-0.3, -0.25) is 0 Å². The molecule has 0 saturated carbocycles. The average Bonchev–Trinajstić information content (AvgIpc) is 2.16. The molecule has 0 amide bonds. The van der Waals surface area contributed by atoms with E-state index in [0.717, 1.165) is 6.61 Å². The van der Waals surface area contributed by atoms with Crippen LogP contribution in [-0.2, 0) is 4.43 Å². The standard InChI is InChI=1S/C13H24OSi2/c1-7-14-16(5,6)13-10-8-12(9-11-13)15(2,3)4/h8-11H,7H2,1-6H3. The van der Waals surface area contributed by atoms with Gasteiger partial charge in [-0.2, -0.15) is 0 Å². The first-order chi connectivity index (χ1) is 7.27. The van der Waals surface area contributed by atoms with E-state index >= 15 is 0 Å². The largest absolute Gasteiger partial charge is 0.413 e. The third-order valence-corrected chi connectivity index (χ3v) is 7.75. The molecule has 0 unspecified atom stereocenters. The lowest BCUT2D eigenvalue weighted by Crippen LogP contribution is -2.46. The maximum Gasteiger partial charge on any atom is 0.218 e. The Bertz CT molecular complexity index is 336. The normalized spacial score (nSPS) is 12.9. The third kappa shape index (κ3) is 3.30. The second kappa shape index (κ2) is 4.86. The van der Waals surface area contributed by atoms with Gasteiger partial charge in [0, 0.05) is 6.61 Å². The van der Waals surface area contributed by atoms with E-state index in [-0.39, 0.29) is 0 Å². The minimum atomic E-state index is -1.65. The summed E-state index contributed by atoms with van der Waals surface area (Å²) in [5.74, 6) is 0. The summed E-state index contributed by atoms with van der Waals surface area (Å²) < 4.78 is 5.89. The molecule has 0 fully saturated rings. The maximum atomic E-state index is 5.89. The van der Waals surface area contributed by atoms with E-state index in [1.54, 1.807) is 0 Å². The average molecular weight is 253 g/mol. The zero-order chi connectivity index (χ0) is 12.4. The molecule has 0 radical (unpaired) electrons. The van der Waals surface area contributed by atoms with E-state index in [1.165, 1.54) is 10.4 Å². The Morgan fingerprint density at radius 3 is 1.69 bits per heavy atom. The Balaban J connectivity index is 2.95. The first-order valence-electron chi connectivity index (χ1n) is 6.02. The van der Waals surface area contributed by atoms with Gasteiger partial charge >= 0.3 is 0 Å². The van der Waals surface area contributed by atoms with Gasteiger partial charge in [0.1, 0.15) is 0 Å². The van der Waals surface area contributed by atoms with Crippen molar-refractivity contribution in [3.8, 4) is 0 Å². The number of hydrogen-bond donors (Lipinski definition) is 0. The predicted molar refractivity (Wildman–Crippen MR) is 78.2 cm³/mol. The van der Waals surface area contributed by atoms with E-state index < -0.39 is 16.4 Å². The van der Waals surface area contributed by atoms with Gasteiger partial charge in [-0.25, -0.2) is 0 Å². The molecule has 0 atom stereocenters. The van der Waals surface area contributed by atoms with Crippen molar-refractivity contribution in [2.24, 2.45) is 0 Å². The summed E-state index contributed by atoms with van der Waals surface area (Å²) in [6.45, 7) is 14.6. The van der Waals surface area contributed by atoms with Crippen LogP contribution in [0.5, 0.6) is 0 Å². The molecule has 1 rings (SSSR count). The SMILES string of the molecule is CCO[Si](C)(C)c1ccc([Si](C)(C)C)cc1. The van der Waals surface area contributed by atoms with E-state index in [0.29, 0.717) is 0 Å². The fourth-order valence-corrected chi connectivity index (χ4v) is 4.84. The van der Waals surface area contributed by atoms with Gasteiger partial charge in [0.05, 0.1) is 8.07 Å². The van der Waals surface area contributed by atoms with Gasteiger partial charge in [-0.05, 0) is 25.2 Å². The van der Waals surface area contributed by atoms with Crippen LogP contribution in [0.25, 0.3) is 0 Å². The molecule has 1 nitrogen and oxygen atoms in total. The quantitative estimate of drug-likeness (QED) is 0.749. The summed E-state index contributed by atoms with van der Waals surface area (Å²) >= 11 is 0. The summed E-state index contributed by atoms with van der Waals surface area (Å²) in [6, 6.07) is 9.15. The van der Waals surface area contributed by atoms with Crippen LogP contribution in [0.3, 0.4) is 0 Å². The van der Waals surface area contributed by atoms with Crippen molar-refractivity contribution in [2.45, 2.75) is 39.7 Å². The highest BCUT2D eigenvalue weighted by Crippen LogP contribution is 2.06. The summed E-state index contributed by atoms with van der Waals surface area (Å²) in [6.07, 6.45) is 0. The van der Waals surface area contributed by atoms with Gasteiger partial charge in [-0.1, -0.05) is 49.1 Å². The summed E-state index contributed by atoms with van der Waals surface area (Å²) in [5, 5.41) is 2.92. The molecular formula is C13H24OSi2. The van der Waals surface area contributed by atoms with E-state index in [2.05, 4.69) is 63.9 Å². The Labute approximate surface area is 102 Å². The van der Waals surface area contributed by atoms with Gasteiger partial charge in [0.25, 0.3) is 0 Å².